The largest absolute Gasteiger partial charge is 0.573 e. The number of nitrogens with one attached hydrogen (secondary N) is 1. The maximum atomic E-state index is 13.4. The van der Waals surface area contributed by atoms with Crippen LogP contribution in [0.2, 0.25) is 0 Å². The molecule has 1 aliphatic carbocycles. The Balaban J connectivity index is 1.67. The van der Waals surface area contributed by atoms with Gasteiger partial charge in [0, 0.05) is 17.2 Å². The first kappa shape index (κ1) is 26.6. The fourth-order valence-corrected chi connectivity index (χ4v) is 5.41. The number of aromatic nitrogens is 2. The number of carbonyl (C=O) groups is 2. The van der Waals surface area contributed by atoms with Crippen molar-refractivity contribution in [3.8, 4) is 11.4 Å². The molecule has 0 unspecified atom stereocenters. The second-order valence-electron chi connectivity index (χ2n) is 8.77. The Kier molecular flexibility index (Phi) is 8.16. The number of esters is 1. The minimum Gasteiger partial charge on any atom is -0.461 e. The molecule has 2 heterocycles. The van der Waals surface area contributed by atoms with E-state index in [-0.39, 0.29) is 39.7 Å². The summed E-state index contributed by atoms with van der Waals surface area (Å²) in [6.45, 7) is 1.69. The van der Waals surface area contributed by atoms with E-state index < -0.39 is 23.6 Å². The number of anilines is 1. The zero-order valence-corrected chi connectivity index (χ0v) is 20.9. The summed E-state index contributed by atoms with van der Waals surface area (Å²) in [6.07, 6.45) is 2.01. The summed E-state index contributed by atoms with van der Waals surface area (Å²) >= 11 is 1.09. The van der Waals surface area contributed by atoms with Gasteiger partial charge in [0.2, 0.25) is 5.91 Å². The van der Waals surface area contributed by atoms with Gasteiger partial charge in [0.1, 0.15) is 10.8 Å². The minimum atomic E-state index is -4.87. The van der Waals surface area contributed by atoms with Gasteiger partial charge >= 0.3 is 12.3 Å². The number of hydrogen-bond acceptors (Lipinski definition) is 7. The maximum absolute atomic E-state index is 13.4. The van der Waals surface area contributed by atoms with Crippen molar-refractivity contribution < 1.29 is 32.2 Å². The lowest BCUT2D eigenvalue weighted by molar-refractivity contribution is -0.274. The number of alkyl halides is 3. The van der Waals surface area contributed by atoms with E-state index in [4.69, 9.17) is 4.74 Å². The van der Waals surface area contributed by atoms with Gasteiger partial charge < -0.3 is 14.8 Å². The highest BCUT2D eigenvalue weighted by molar-refractivity contribution is 7.16. The summed E-state index contributed by atoms with van der Waals surface area (Å²) in [7, 11) is 0. The summed E-state index contributed by atoms with van der Waals surface area (Å²) in [5.41, 5.74) is -0.685. The summed E-state index contributed by atoms with van der Waals surface area (Å²) in [4.78, 5) is 38.8. The second-order valence-corrected chi connectivity index (χ2v) is 9.65. The Hall–Kier alpha value is -3.41. The van der Waals surface area contributed by atoms with Gasteiger partial charge in [-0.15, -0.1) is 24.5 Å². The van der Waals surface area contributed by atoms with Crippen LogP contribution in [0, 0.1) is 5.92 Å². The zero-order valence-electron chi connectivity index (χ0n) is 20.1. The van der Waals surface area contributed by atoms with Crippen molar-refractivity contribution >= 4 is 39.0 Å². The Morgan fingerprint density at radius 3 is 2.51 bits per heavy atom. The quantitative estimate of drug-likeness (QED) is 0.364. The maximum Gasteiger partial charge on any atom is 0.573 e. The number of nitrogens with zero attached hydrogens (tertiary/aromatic N) is 2. The summed E-state index contributed by atoms with van der Waals surface area (Å²) < 4.78 is 47.4. The minimum absolute atomic E-state index is 0.0690. The van der Waals surface area contributed by atoms with Crippen molar-refractivity contribution in [1.82, 2.24) is 9.78 Å². The first-order chi connectivity index (χ1) is 17.7. The number of fused-ring (bicyclic) bond motifs is 1. The molecular formula is C25H26F3N3O5S. The Bertz CT molecular complexity index is 1330. The van der Waals surface area contributed by atoms with E-state index in [0.29, 0.717) is 12.3 Å². The van der Waals surface area contributed by atoms with E-state index >= 15 is 0 Å². The lowest BCUT2D eigenvalue weighted by atomic mass is 9.86. The molecule has 3 aromatic rings. The van der Waals surface area contributed by atoms with Crippen LogP contribution in [-0.4, -0.2) is 34.6 Å². The number of amides is 1. The number of hydrogen-bond donors (Lipinski definition) is 1. The zero-order chi connectivity index (χ0) is 26.6. The number of rotatable bonds is 8. The average Bonchev–Trinajstić information content (AvgIpc) is 3.27. The third kappa shape index (κ3) is 6.48. The molecule has 1 aliphatic rings. The molecule has 0 bridgehead atoms. The molecule has 2 aromatic heterocycles. The molecule has 8 nitrogen and oxygen atoms in total. The van der Waals surface area contributed by atoms with Gasteiger partial charge in [-0.2, -0.15) is 9.78 Å². The van der Waals surface area contributed by atoms with Gasteiger partial charge in [-0.1, -0.05) is 32.1 Å². The van der Waals surface area contributed by atoms with Crippen molar-refractivity contribution in [3.05, 3.63) is 45.7 Å². The number of halogens is 3. The Morgan fingerprint density at radius 1 is 1.16 bits per heavy atom. The third-order valence-corrected chi connectivity index (χ3v) is 7.09. The number of carbonyl (C=O) groups excluding carboxylic acids is 2. The van der Waals surface area contributed by atoms with Crippen LogP contribution in [0.3, 0.4) is 0 Å². The van der Waals surface area contributed by atoms with Crippen LogP contribution >= 0.6 is 11.3 Å². The van der Waals surface area contributed by atoms with Crippen molar-refractivity contribution in [2.75, 3.05) is 11.9 Å². The van der Waals surface area contributed by atoms with Gasteiger partial charge in [0.15, 0.2) is 5.69 Å². The van der Waals surface area contributed by atoms with Crippen molar-refractivity contribution in [2.45, 2.75) is 58.2 Å². The first-order valence-corrected chi connectivity index (χ1v) is 12.9. The number of ether oxygens (including phenoxy) is 2. The fourth-order valence-electron chi connectivity index (χ4n) is 4.46. The molecular weight excluding hydrogens is 511 g/mol. The standard InChI is InChI=1S/C25H26F3N3O5S/c1-2-35-24(34)21-18-14-37-22(29-19(32)13-8-15-6-4-3-5-7-15)20(18)23(33)31(30-21)16-9-11-17(12-10-16)36-25(26,27)28/h9-12,14-15H,2-8,13H2,1H3,(H,29,32). The van der Waals surface area contributed by atoms with E-state index in [0.717, 1.165) is 47.4 Å². The molecule has 1 fully saturated rings. The van der Waals surface area contributed by atoms with E-state index in [1.165, 1.54) is 31.4 Å². The van der Waals surface area contributed by atoms with Gasteiger partial charge in [-0.05, 0) is 43.5 Å². The summed E-state index contributed by atoms with van der Waals surface area (Å²) in [6, 6.07) is 4.50. The summed E-state index contributed by atoms with van der Waals surface area (Å²) in [5.74, 6) is -0.965. The summed E-state index contributed by atoms with van der Waals surface area (Å²) in [5, 5.41) is 9.07. The van der Waals surface area contributed by atoms with Crippen molar-refractivity contribution in [3.63, 3.8) is 0 Å². The van der Waals surface area contributed by atoms with E-state index in [1.54, 1.807) is 12.3 Å². The van der Waals surface area contributed by atoms with Gasteiger partial charge in [0.25, 0.3) is 5.56 Å². The molecule has 12 heteroatoms. The lowest BCUT2D eigenvalue weighted by Crippen LogP contribution is -2.25. The second kappa shape index (κ2) is 11.3. The topological polar surface area (TPSA) is 99.5 Å². The molecule has 0 aliphatic heterocycles. The molecule has 1 saturated carbocycles. The van der Waals surface area contributed by atoms with Crippen LogP contribution in [0.4, 0.5) is 18.2 Å². The number of benzene rings is 1. The molecule has 0 saturated heterocycles. The monoisotopic (exact) mass is 537 g/mol. The van der Waals surface area contributed by atoms with E-state index in [1.807, 2.05) is 0 Å². The molecule has 0 spiro atoms. The van der Waals surface area contributed by atoms with E-state index in [9.17, 15) is 27.6 Å². The normalized spacial score (nSPS) is 14.5. The van der Waals surface area contributed by atoms with Crippen molar-refractivity contribution in [1.29, 1.82) is 0 Å². The molecule has 198 valence electrons. The number of thiophene rings is 1. The Labute approximate surface area is 214 Å². The molecule has 0 atom stereocenters. The first-order valence-electron chi connectivity index (χ1n) is 12.0. The van der Waals surface area contributed by atoms with Gasteiger partial charge in [-0.25, -0.2) is 4.79 Å². The smallest absolute Gasteiger partial charge is 0.461 e. The van der Waals surface area contributed by atoms with Crippen LogP contribution in [0.15, 0.2) is 34.4 Å². The van der Waals surface area contributed by atoms with Crippen LogP contribution in [0.1, 0.15) is 62.4 Å². The highest BCUT2D eigenvalue weighted by Gasteiger charge is 2.31. The van der Waals surface area contributed by atoms with Crippen molar-refractivity contribution in [2.24, 2.45) is 5.92 Å². The highest BCUT2D eigenvalue weighted by atomic mass is 32.1. The fraction of sp³-hybridized carbons (Fsp3) is 0.440. The molecule has 37 heavy (non-hydrogen) atoms. The van der Waals surface area contributed by atoms with Crippen LogP contribution < -0.4 is 15.6 Å². The predicted molar refractivity (Wildman–Crippen MR) is 132 cm³/mol. The molecule has 1 amide bonds. The molecule has 4 rings (SSSR count). The predicted octanol–water partition coefficient (Wildman–Crippen LogP) is 5.82. The van der Waals surface area contributed by atoms with Gasteiger partial charge in [-0.3, -0.25) is 9.59 Å². The SMILES string of the molecule is CCOC(=O)c1nn(-c2ccc(OC(F)(F)F)cc2)c(=O)c2c(NC(=O)CCC3CCCCC3)scc12. The molecule has 1 aromatic carbocycles. The Morgan fingerprint density at radius 2 is 1.86 bits per heavy atom. The lowest BCUT2D eigenvalue weighted by Gasteiger charge is -2.20. The third-order valence-electron chi connectivity index (χ3n) is 6.19. The molecule has 1 N–H and O–H groups in total. The highest BCUT2D eigenvalue weighted by Crippen LogP contribution is 2.32. The van der Waals surface area contributed by atoms with Crippen LogP contribution in [0.5, 0.6) is 5.75 Å². The van der Waals surface area contributed by atoms with Crippen LogP contribution in [0.25, 0.3) is 16.5 Å². The molecule has 0 radical (unpaired) electrons. The average molecular weight is 538 g/mol. The van der Waals surface area contributed by atoms with Gasteiger partial charge in [0.05, 0.1) is 17.7 Å². The van der Waals surface area contributed by atoms with E-state index in [2.05, 4.69) is 15.2 Å². The van der Waals surface area contributed by atoms with Crippen LogP contribution in [-0.2, 0) is 9.53 Å².